The van der Waals surface area contributed by atoms with E-state index in [-0.39, 0.29) is 11.9 Å². The van der Waals surface area contributed by atoms with Crippen LogP contribution in [0.25, 0.3) is 22.2 Å². The van der Waals surface area contributed by atoms with Crippen LogP contribution in [0, 0.1) is 12.8 Å². The van der Waals surface area contributed by atoms with E-state index < -0.39 is 0 Å². The van der Waals surface area contributed by atoms with Gasteiger partial charge in [0.25, 0.3) is 5.91 Å². The van der Waals surface area contributed by atoms with Gasteiger partial charge >= 0.3 is 0 Å². The van der Waals surface area contributed by atoms with Crippen LogP contribution in [0.1, 0.15) is 48.0 Å². The van der Waals surface area contributed by atoms with Crippen LogP contribution in [0.5, 0.6) is 0 Å². The van der Waals surface area contributed by atoms with Gasteiger partial charge in [-0.1, -0.05) is 36.2 Å². The predicted octanol–water partition coefficient (Wildman–Crippen LogP) is 6.06. The SMILES string of the molecule is Cc1ccc(-c2cnn(C)c2)c(C(=O)N2CCC[C@@H](C)[C@H]2CCc2nc3cc(Cl)ccc3o2)c1. The summed E-state index contributed by atoms with van der Waals surface area (Å²) in [5.74, 6) is 1.18. The van der Waals surface area contributed by atoms with E-state index in [0.717, 1.165) is 59.2 Å². The first-order valence-electron chi connectivity index (χ1n) is 11.8. The fourth-order valence-corrected chi connectivity index (χ4v) is 5.24. The van der Waals surface area contributed by atoms with Gasteiger partial charge in [-0.15, -0.1) is 0 Å². The standard InChI is InChI=1S/C27H29ClN4O2/c1-17-6-8-21(19-15-29-31(3)16-19)22(13-17)27(33)32-12-4-5-18(2)24(32)9-11-26-30-23-14-20(28)7-10-25(23)34-26/h6-8,10,13-16,18,24H,4-5,9,11-12H2,1-3H3/t18-,24-/m1/s1. The van der Waals surface area contributed by atoms with Crippen LogP contribution in [0.3, 0.4) is 0 Å². The van der Waals surface area contributed by atoms with Crippen LogP contribution in [0.2, 0.25) is 5.02 Å². The Balaban J connectivity index is 1.41. The molecule has 0 radical (unpaired) electrons. The summed E-state index contributed by atoms with van der Waals surface area (Å²) in [4.78, 5) is 20.6. The number of nitrogens with zero attached hydrogens (tertiary/aromatic N) is 4. The van der Waals surface area contributed by atoms with E-state index in [1.54, 1.807) is 4.68 Å². The summed E-state index contributed by atoms with van der Waals surface area (Å²) < 4.78 is 7.71. The van der Waals surface area contributed by atoms with Gasteiger partial charge in [-0.2, -0.15) is 5.10 Å². The van der Waals surface area contributed by atoms with Gasteiger partial charge in [-0.25, -0.2) is 4.98 Å². The first kappa shape index (κ1) is 22.7. The minimum Gasteiger partial charge on any atom is -0.441 e. The molecule has 2 aromatic heterocycles. The van der Waals surface area contributed by atoms with Gasteiger partial charge in [0, 0.05) is 48.4 Å². The van der Waals surface area contributed by atoms with Crippen molar-refractivity contribution >= 4 is 28.6 Å². The van der Waals surface area contributed by atoms with Crippen LogP contribution in [-0.2, 0) is 13.5 Å². The third-order valence-electron chi connectivity index (χ3n) is 6.85. The number of benzene rings is 2. The third kappa shape index (κ3) is 4.47. The molecule has 0 spiro atoms. The molecule has 0 bridgehead atoms. The molecule has 5 rings (SSSR count). The topological polar surface area (TPSA) is 64.2 Å². The van der Waals surface area contributed by atoms with Crippen molar-refractivity contribution in [1.29, 1.82) is 0 Å². The quantitative estimate of drug-likeness (QED) is 0.351. The highest BCUT2D eigenvalue weighted by molar-refractivity contribution is 6.31. The average Bonchev–Trinajstić information content (AvgIpc) is 3.43. The maximum atomic E-state index is 13.9. The number of fused-ring (bicyclic) bond motifs is 1. The molecule has 0 N–H and O–H groups in total. The molecule has 6 nitrogen and oxygen atoms in total. The summed E-state index contributed by atoms with van der Waals surface area (Å²) in [5.41, 5.74) is 5.21. The molecule has 1 saturated heterocycles. The first-order chi connectivity index (χ1) is 16.4. The largest absolute Gasteiger partial charge is 0.441 e. The van der Waals surface area contributed by atoms with Crippen LogP contribution < -0.4 is 0 Å². The molecule has 176 valence electrons. The third-order valence-corrected chi connectivity index (χ3v) is 7.08. The molecule has 0 aliphatic carbocycles. The lowest BCUT2D eigenvalue weighted by molar-refractivity contribution is 0.0497. The van der Waals surface area contributed by atoms with Gasteiger partial charge in [0.1, 0.15) is 5.52 Å². The van der Waals surface area contributed by atoms with E-state index in [1.165, 1.54) is 0 Å². The van der Waals surface area contributed by atoms with Crippen LogP contribution in [0.4, 0.5) is 0 Å². The highest BCUT2D eigenvalue weighted by atomic mass is 35.5. The first-order valence-corrected chi connectivity index (χ1v) is 12.2. The number of halogens is 1. The average molecular weight is 477 g/mol. The Morgan fingerprint density at radius 2 is 2.09 bits per heavy atom. The van der Waals surface area contributed by atoms with Crippen molar-refractivity contribution in [3.05, 3.63) is 70.8 Å². The van der Waals surface area contributed by atoms with Gasteiger partial charge in [-0.3, -0.25) is 9.48 Å². The molecule has 4 aromatic rings. The van der Waals surface area contributed by atoms with Crippen LogP contribution in [0.15, 0.2) is 53.2 Å². The van der Waals surface area contributed by atoms with Crippen molar-refractivity contribution in [1.82, 2.24) is 19.7 Å². The molecule has 3 heterocycles. The zero-order valence-corrected chi connectivity index (χ0v) is 20.5. The molecular weight excluding hydrogens is 448 g/mol. The molecule has 1 aliphatic heterocycles. The van der Waals surface area contributed by atoms with Crippen molar-refractivity contribution in [3.63, 3.8) is 0 Å². The summed E-state index contributed by atoms with van der Waals surface area (Å²) >= 11 is 6.10. The smallest absolute Gasteiger partial charge is 0.254 e. The Morgan fingerprint density at radius 1 is 1.24 bits per heavy atom. The van der Waals surface area contributed by atoms with Crippen molar-refractivity contribution in [2.24, 2.45) is 13.0 Å². The lowest BCUT2D eigenvalue weighted by Gasteiger charge is -2.40. The number of oxazole rings is 1. The molecule has 7 heteroatoms. The predicted molar refractivity (Wildman–Crippen MR) is 134 cm³/mol. The highest BCUT2D eigenvalue weighted by Gasteiger charge is 2.33. The van der Waals surface area contributed by atoms with Crippen molar-refractivity contribution in [2.45, 2.75) is 45.6 Å². The number of carbonyl (C=O) groups is 1. The molecule has 2 atom stereocenters. The van der Waals surface area contributed by atoms with Crippen LogP contribution in [-0.4, -0.2) is 38.2 Å². The van der Waals surface area contributed by atoms with E-state index in [2.05, 4.69) is 28.0 Å². The maximum Gasteiger partial charge on any atom is 0.254 e. The molecule has 1 amide bonds. The van der Waals surface area contributed by atoms with Crippen molar-refractivity contribution < 1.29 is 9.21 Å². The minimum absolute atomic E-state index is 0.0865. The number of aryl methyl sites for hydroxylation is 3. The maximum absolute atomic E-state index is 13.9. The Bertz CT molecular complexity index is 1340. The number of hydrogen-bond acceptors (Lipinski definition) is 4. The van der Waals surface area contributed by atoms with Gasteiger partial charge in [-0.05, 0) is 61.9 Å². The zero-order valence-electron chi connectivity index (χ0n) is 19.8. The number of likely N-dealkylation sites (tertiary alicyclic amines) is 1. The molecule has 0 unspecified atom stereocenters. The van der Waals surface area contributed by atoms with E-state index in [1.807, 2.05) is 56.7 Å². The second kappa shape index (κ2) is 9.26. The Labute approximate surface area is 204 Å². The minimum atomic E-state index is 0.0865. The molecule has 1 fully saturated rings. The second-order valence-corrected chi connectivity index (χ2v) is 9.83. The Morgan fingerprint density at radius 3 is 2.88 bits per heavy atom. The normalized spacial score (nSPS) is 18.5. The van der Waals surface area contributed by atoms with Gasteiger partial charge in [0.2, 0.25) is 0 Å². The number of carbonyl (C=O) groups excluding carboxylic acids is 1. The number of hydrogen-bond donors (Lipinski definition) is 0. The monoisotopic (exact) mass is 476 g/mol. The fourth-order valence-electron chi connectivity index (χ4n) is 5.07. The number of amides is 1. The molecule has 34 heavy (non-hydrogen) atoms. The van der Waals surface area contributed by atoms with Crippen molar-refractivity contribution in [3.8, 4) is 11.1 Å². The summed E-state index contributed by atoms with van der Waals surface area (Å²) in [5, 5.41) is 4.95. The summed E-state index contributed by atoms with van der Waals surface area (Å²) in [6.07, 6.45) is 7.38. The van der Waals surface area contributed by atoms with Gasteiger partial charge < -0.3 is 9.32 Å². The molecule has 2 aromatic carbocycles. The van der Waals surface area contributed by atoms with Crippen LogP contribution >= 0.6 is 11.6 Å². The van der Waals surface area contributed by atoms with Gasteiger partial charge in [0.05, 0.1) is 6.20 Å². The summed E-state index contributed by atoms with van der Waals surface area (Å²) in [7, 11) is 1.89. The lowest BCUT2D eigenvalue weighted by atomic mass is 9.86. The number of aromatic nitrogens is 3. The van der Waals surface area contributed by atoms with E-state index >= 15 is 0 Å². The summed E-state index contributed by atoms with van der Waals surface area (Å²) in [6.45, 7) is 5.03. The highest BCUT2D eigenvalue weighted by Crippen LogP contribution is 2.32. The number of rotatable bonds is 5. The Kier molecular flexibility index (Phi) is 6.17. The molecule has 1 aliphatic rings. The zero-order chi connectivity index (χ0) is 23.8. The molecular formula is C27H29ClN4O2. The fraction of sp³-hybridized carbons (Fsp3) is 0.370. The van der Waals surface area contributed by atoms with E-state index in [0.29, 0.717) is 23.3 Å². The molecule has 0 saturated carbocycles. The summed E-state index contributed by atoms with van der Waals surface area (Å²) in [6, 6.07) is 11.7. The van der Waals surface area contributed by atoms with Gasteiger partial charge in [0.15, 0.2) is 11.5 Å². The van der Waals surface area contributed by atoms with E-state index in [9.17, 15) is 4.79 Å². The second-order valence-electron chi connectivity index (χ2n) is 9.40. The Hall–Kier alpha value is -3.12. The lowest BCUT2D eigenvalue weighted by Crippen LogP contribution is -2.48. The van der Waals surface area contributed by atoms with E-state index in [4.69, 9.17) is 16.0 Å². The van der Waals surface area contributed by atoms with Crippen molar-refractivity contribution in [2.75, 3.05) is 6.54 Å². The number of piperidine rings is 1.